The summed E-state index contributed by atoms with van der Waals surface area (Å²) < 4.78 is 5.48. The van der Waals surface area contributed by atoms with Crippen LogP contribution in [0.2, 0.25) is 0 Å². The van der Waals surface area contributed by atoms with Gasteiger partial charge in [0.05, 0.1) is 13.7 Å². The standard InChI is InChI=1S/C20H34N4O/c1-5-21-20(22-13-17(3)15-24-10-6-7-11-24)23-14-18-9-8-16(2)12-19(18)25-4/h8-9,12,17H,5-7,10-11,13-15H2,1-4H3,(H2,21,22,23). The first kappa shape index (κ1) is 19.6. The fourth-order valence-electron chi connectivity index (χ4n) is 3.23. The van der Waals surface area contributed by atoms with Crippen LogP contribution in [0.15, 0.2) is 23.2 Å². The molecule has 5 nitrogen and oxygen atoms in total. The first-order chi connectivity index (χ1) is 12.1. The highest BCUT2D eigenvalue weighted by atomic mass is 16.5. The summed E-state index contributed by atoms with van der Waals surface area (Å²) >= 11 is 0. The van der Waals surface area contributed by atoms with Crippen LogP contribution in [0, 0.1) is 12.8 Å². The Kier molecular flexibility index (Phi) is 8.06. The normalized spacial score (nSPS) is 16.7. The quantitative estimate of drug-likeness (QED) is 0.561. The van der Waals surface area contributed by atoms with E-state index in [0.717, 1.165) is 36.9 Å². The van der Waals surface area contributed by atoms with Gasteiger partial charge in [-0.1, -0.05) is 19.1 Å². The van der Waals surface area contributed by atoms with Gasteiger partial charge >= 0.3 is 0 Å². The van der Waals surface area contributed by atoms with E-state index in [-0.39, 0.29) is 0 Å². The second-order valence-corrected chi connectivity index (χ2v) is 7.00. The summed E-state index contributed by atoms with van der Waals surface area (Å²) in [7, 11) is 1.71. The maximum atomic E-state index is 5.48. The highest BCUT2D eigenvalue weighted by Crippen LogP contribution is 2.20. The third-order valence-electron chi connectivity index (χ3n) is 4.58. The predicted molar refractivity (Wildman–Crippen MR) is 105 cm³/mol. The van der Waals surface area contributed by atoms with E-state index in [1.54, 1.807) is 7.11 Å². The average molecular weight is 347 g/mol. The van der Waals surface area contributed by atoms with Gasteiger partial charge in [-0.25, -0.2) is 4.99 Å². The minimum atomic E-state index is 0.607. The molecule has 140 valence electrons. The fourth-order valence-corrected chi connectivity index (χ4v) is 3.23. The number of hydrogen-bond acceptors (Lipinski definition) is 3. The van der Waals surface area contributed by atoms with E-state index in [1.165, 1.54) is 31.5 Å². The molecule has 1 saturated heterocycles. The molecule has 1 aliphatic rings. The number of nitrogens with zero attached hydrogens (tertiary/aromatic N) is 2. The second kappa shape index (κ2) is 10.3. The Morgan fingerprint density at radius 2 is 2.04 bits per heavy atom. The van der Waals surface area contributed by atoms with Crippen molar-refractivity contribution in [1.29, 1.82) is 0 Å². The topological polar surface area (TPSA) is 48.9 Å². The smallest absolute Gasteiger partial charge is 0.191 e. The Balaban J connectivity index is 1.89. The molecule has 1 aliphatic heterocycles. The number of benzene rings is 1. The van der Waals surface area contributed by atoms with Crippen LogP contribution in [0.25, 0.3) is 0 Å². The summed E-state index contributed by atoms with van der Waals surface area (Å²) in [4.78, 5) is 7.29. The maximum Gasteiger partial charge on any atom is 0.191 e. The van der Waals surface area contributed by atoms with E-state index in [1.807, 2.05) is 0 Å². The lowest BCUT2D eigenvalue weighted by Crippen LogP contribution is -2.41. The molecular formula is C20H34N4O. The number of aryl methyl sites for hydroxylation is 1. The molecule has 5 heteroatoms. The lowest BCUT2D eigenvalue weighted by Gasteiger charge is -2.21. The van der Waals surface area contributed by atoms with Gasteiger partial charge in [0.2, 0.25) is 0 Å². The van der Waals surface area contributed by atoms with Gasteiger partial charge in [0, 0.05) is 25.2 Å². The van der Waals surface area contributed by atoms with Gasteiger partial charge < -0.3 is 20.3 Å². The van der Waals surface area contributed by atoms with Gasteiger partial charge in [0.15, 0.2) is 5.96 Å². The minimum Gasteiger partial charge on any atom is -0.496 e. The van der Waals surface area contributed by atoms with Crippen LogP contribution in [0.4, 0.5) is 0 Å². The number of rotatable bonds is 8. The van der Waals surface area contributed by atoms with Gasteiger partial charge in [0.1, 0.15) is 5.75 Å². The first-order valence-corrected chi connectivity index (χ1v) is 9.50. The van der Waals surface area contributed by atoms with E-state index in [4.69, 9.17) is 9.73 Å². The van der Waals surface area contributed by atoms with E-state index in [9.17, 15) is 0 Å². The molecule has 1 aromatic rings. The summed E-state index contributed by atoms with van der Waals surface area (Å²) in [6.45, 7) is 12.6. The molecule has 0 aliphatic carbocycles. The SMILES string of the molecule is CCNC(=NCc1ccc(C)cc1OC)NCC(C)CN1CCCC1. The van der Waals surface area contributed by atoms with Crippen molar-refractivity contribution in [3.63, 3.8) is 0 Å². The molecule has 0 radical (unpaired) electrons. The number of nitrogens with one attached hydrogen (secondary N) is 2. The summed E-state index contributed by atoms with van der Waals surface area (Å²) in [6.07, 6.45) is 2.70. The van der Waals surface area contributed by atoms with Crippen LogP contribution in [0.3, 0.4) is 0 Å². The summed E-state index contributed by atoms with van der Waals surface area (Å²) in [6, 6.07) is 6.26. The van der Waals surface area contributed by atoms with Gasteiger partial charge in [-0.3, -0.25) is 0 Å². The zero-order chi connectivity index (χ0) is 18.1. The number of ether oxygens (including phenoxy) is 1. The van der Waals surface area contributed by atoms with Crippen LogP contribution < -0.4 is 15.4 Å². The largest absolute Gasteiger partial charge is 0.496 e. The average Bonchev–Trinajstić information content (AvgIpc) is 3.11. The molecule has 1 fully saturated rings. The summed E-state index contributed by atoms with van der Waals surface area (Å²) in [5.41, 5.74) is 2.31. The molecule has 1 atom stereocenters. The number of guanidine groups is 1. The van der Waals surface area contributed by atoms with Crippen molar-refractivity contribution in [2.24, 2.45) is 10.9 Å². The number of methoxy groups -OCH3 is 1. The lowest BCUT2D eigenvalue weighted by molar-refractivity contribution is 0.287. The van der Waals surface area contributed by atoms with Gasteiger partial charge in [-0.05, 0) is 57.3 Å². The van der Waals surface area contributed by atoms with Gasteiger partial charge in [-0.15, -0.1) is 0 Å². The van der Waals surface area contributed by atoms with E-state index in [2.05, 4.69) is 54.5 Å². The fraction of sp³-hybridized carbons (Fsp3) is 0.650. The van der Waals surface area contributed by atoms with Crippen LogP contribution >= 0.6 is 0 Å². The third-order valence-corrected chi connectivity index (χ3v) is 4.58. The predicted octanol–water partition coefficient (Wildman–Crippen LogP) is 2.79. The van der Waals surface area contributed by atoms with Crippen molar-refractivity contribution >= 4 is 5.96 Å². The Morgan fingerprint density at radius 1 is 1.28 bits per heavy atom. The zero-order valence-corrected chi connectivity index (χ0v) is 16.3. The molecule has 2 N–H and O–H groups in total. The number of aliphatic imine (C=N–C) groups is 1. The molecule has 0 aromatic heterocycles. The number of hydrogen-bond donors (Lipinski definition) is 2. The van der Waals surface area contributed by atoms with Crippen LogP contribution in [0.5, 0.6) is 5.75 Å². The molecule has 1 heterocycles. The molecular weight excluding hydrogens is 312 g/mol. The van der Waals surface area contributed by atoms with Crippen molar-refractivity contribution in [2.75, 3.05) is 39.8 Å². The van der Waals surface area contributed by atoms with Crippen molar-refractivity contribution in [1.82, 2.24) is 15.5 Å². The third kappa shape index (κ3) is 6.58. The van der Waals surface area contributed by atoms with Crippen LogP contribution in [-0.2, 0) is 6.54 Å². The van der Waals surface area contributed by atoms with Crippen LogP contribution in [0.1, 0.15) is 37.8 Å². The summed E-state index contributed by atoms with van der Waals surface area (Å²) in [5.74, 6) is 2.39. The Hall–Kier alpha value is -1.75. The molecule has 25 heavy (non-hydrogen) atoms. The molecule has 1 aromatic carbocycles. The van der Waals surface area contributed by atoms with Gasteiger partial charge in [-0.2, -0.15) is 0 Å². The number of likely N-dealkylation sites (tertiary alicyclic amines) is 1. The minimum absolute atomic E-state index is 0.607. The highest BCUT2D eigenvalue weighted by Gasteiger charge is 2.14. The monoisotopic (exact) mass is 346 g/mol. The Bertz CT molecular complexity index is 553. The lowest BCUT2D eigenvalue weighted by atomic mass is 10.1. The molecule has 0 bridgehead atoms. The molecule has 0 spiro atoms. The van der Waals surface area contributed by atoms with Crippen molar-refractivity contribution in [3.05, 3.63) is 29.3 Å². The van der Waals surface area contributed by atoms with Crippen molar-refractivity contribution in [2.45, 2.75) is 40.2 Å². The molecule has 2 rings (SSSR count). The Labute approximate surface area is 152 Å². The second-order valence-electron chi connectivity index (χ2n) is 7.00. The van der Waals surface area contributed by atoms with Crippen molar-refractivity contribution in [3.8, 4) is 5.75 Å². The molecule has 1 unspecified atom stereocenters. The first-order valence-electron chi connectivity index (χ1n) is 9.50. The van der Waals surface area contributed by atoms with Gasteiger partial charge in [0.25, 0.3) is 0 Å². The zero-order valence-electron chi connectivity index (χ0n) is 16.3. The Morgan fingerprint density at radius 3 is 2.72 bits per heavy atom. The van der Waals surface area contributed by atoms with E-state index in [0.29, 0.717) is 12.5 Å². The maximum absolute atomic E-state index is 5.48. The van der Waals surface area contributed by atoms with E-state index < -0.39 is 0 Å². The van der Waals surface area contributed by atoms with Crippen LogP contribution in [-0.4, -0.2) is 50.7 Å². The molecule has 0 amide bonds. The van der Waals surface area contributed by atoms with E-state index >= 15 is 0 Å². The summed E-state index contributed by atoms with van der Waals surface area (Å²) in [5, 5.41) is 6.82. The molecule has 0 saturated carbocycles. The van der Waals surface area contributed by atoms with Crippen molar-refractivity contribution < 1.29 is 4.74 Å². The highest BCUT2D eigenvalue weighted by molar-refractivity contribution is 5.79.